The maximum absolute atomic E-state index is 14.3. The highest BCUT2D eigenvalue weighted by molar-refractivity contribution is 5.75. The van der Waals surface area contributed by atoms with Crippen molar-refractivity contribution < 1.29 is 9.13 Å². The van der Waals surface area contributed by atoms with Crippen LogP contribution in [0.15, 0.2) is 24.4 Å². The number of nitrogens with two attached hydrogens (primary N) is 2. The van der Waals surface area contributed by atoms with E-state index in [9.17, 15) is 4.39 Å². The molecule has 2 aromatic rings. The van der Waals surface area contributed by atoms with Crippen molar-refractivity contribution in [2.24, 2.45) is 0 Å². The summed E-state index contributed by atoms with van der Waals surface area (Å²) in [6.45, 7) is 2.59. The number of hydrogen-bond acceptors (Lipinski definition) is 6. The number of morpholine rings is 1. The first-order valence-electron chi connectivity index (χ1n) is 6.66. The van der Waals surface area contributed by atoms with Gasteiger partial charge in [0.2, 0.25) is 5.95 Å². The van der Waals surface area contributed by atoms with Gasteiger partial charge in [-0.1, -0.05) is 6.07 Å². The molecule has 4 N–H and O–H groups in total. The van der Waals surface area contributed by atoms with Crippen LogP contribution in [-0.2, 0) is 4.74 Å². The molecule has 0 spiro atoms. The van der Waals surface area contributed by atoms with Crippen LogP contribution in [0.5, 0.6) is 0 Å². The van der Waals surface area contributed by atoms with Gasteiger partial charge in [0.1, 0.15) is 11.6 Å². The summed E-state index contributed by atoms with van der Waals surface area (Å²) in [5.41, 5.74) is 13.0. The average molecular weight is 289 g/mol. The Labute approximate surface area is 121 Å². The van der Waals surface area contributed by atoms with E-state index >= 15 is 0 Å². The molecular formula is C14H16FN5O. The fourth-order valence-electron chi connectivity index (χ4n) is 2.37. The Morgan fingerprint density at radius 1 is 1.19 bits per heavy atom. The van der Waals surface area contributed by atoms with Crippen LogP contribution in [0.25, 0.3) is 11.1 Å². The lowest BCUT2D eigenvalue weighted by Crippen LogP contribution is -2.36. The van der Waals surface area contributed by atoms with E-state index in [0.29, 0.717) is 43.1 Å². The standard InChI is InChI=1S/C14H16FN5O/c15-11-7-9(10-8-18-14(17)19-13(10)16)1-2-12(11)20-3-5-21-6-4-20/h1-2,7-8H,3-6H2,(H4,16,17,18,19). The van der Waals surface area contributed by atoms with E-state index in [0.717, 1.165) is 0 Å². The van der Waals surface area contributed by atoms with Crippen LogP contribution >= 0.6 is 0 Å². The van der Waals surface area contributed by atoms with E-state index in [1.165, 1.54) is 12.3 Å². The van der Waals surface area contributed by atoms with Gasteiger partial charge in [-0.2, -0.15) is 4.98 Å². The number of nitrogen functional groups attached to an aromatic ring is 2. The second kappa shape index (κ2) is 5.53. The second-order valence-corrected chi connectivity index (χ2v) is 4.79. The maximum Gasteiger partial charge on any atom is 0.221 e. The maximum atomic E-state index is 14.3. The van der Waals surface area contributed by atoms with E-state index in [-0.39, 0.29) is 17.6 Å². The van der Waals surface area contributed by atoms with Crippen molar-refractivity contribution in [1.82, 2.24) is 9.97 Å². The Morgan fingerprint density at radius 3 is 2.62 bits per heavy atom. The van der Waals surface area contributed by atoms with Crippen LogP contribution in [0.3, 0.4) is 0 Å². The summed E-state index contributed by atoms with van der Waals surface area (Å²) in [4.78, 5) is 9.75. The molecule has 1 aromatic carbocycles. The van der Waals surface area contributed by atoms with Gasteiger partial charge in [0, 0.05) is 24.8 Å². The minimum atomic E-state index is -0.300. The van der Waals surface area contributed by atoms with E-state index < -0.39 is 0 Å². The number of hydrogen-bond donors (Lipinski definition) is 2. The Morgan fingerprint density at radius 2 is 1.95 bits per heavy atom. The second-order valence-electron chi connectivity index (χ2n) is 4.79. The molecule has 1 fully saturated rings. The third kappa shape index (κ3) is 2.73. The normalized spacial score (nSPS) is 15.2. The molecule has 1 aromatic heterocycles. The fourth-order valence-corrected chi connectivity index (χ4v) is 2.37. The molecular weight excluding hydrogens is 273 g/mol. The summed E-state index contributed by atoms with van der Waals surface area (Å²) in [6.07, 6.45) is 1.50. The first-order valence-corrected chi connectivity index (χ1v) is 6.66. The summed E-state index contributed by atoms with van der Waals surface area (Å²) in [6, 6.07) is 4.99. The molecule has 1 aliphatic rings. The molecule has 0 aliphatic carbocycles. The van der Waals surface area contributed by atoms with Gasteiger partial charge in [-0.25, -0.2) is 9.37 Å². The number of ether oxygens (including phenoxy) is 1. The van der Waals surface area contributed by atoms with Crippen LogP contribution in [0, 0.1) is 5.82 Å². The molecule has 0 radical (unpaired) electrons. The highest BCUT2D eigenvalue weighted by Crippen LogP contribution is 2.29. The third-order valence-corrected chi connectivity index (χ3v) is 3.45. The lowest BCUT2D eigenvalue weighted by Gasteiger charge is -2.29. The van der Waals surface area contributed by atoms with Crippen molar-refractivity contribution in [2.45, 2.75) is 0 Å². The number of rotatable bonds is 2. The molecule has 0 amide bonds. The quantitative estimate of drug-likeness (QED) is 0.865. The molecule has 0 atom stereocenters. The van der Waals surface area contributed by atoms with Gasteiger partial charge >= 0.3 is 0 Å². The summed E-state index contributed by atoms with van der Waals surface area (Å²) in [5, 5.41) is 0. The molecule has 1 saturated heterocycles. The van der Waals surface area contributed by atoms with Crippen molar-refractivity contribution in [3.8, 4) is 11.1 Å². The van der Waals surface area contributed by atoms with Crippen molar-refractivity contribution in [1.29, 1.82) is 0 Å². The molecule has 2 heterocycles. The smallest absolute Gasteiger partial charge is 0.221 e. The first-order chi connectivity index (χ1) is 10.1. The Balaban J connectivity index is 1.93. The minimum absolute atomic E-state index is 0.0988. The number of aromatic nitrogens is 2. The topological polar surface area (TPSA) is 90.3 Å². The molecule has 7 heteroatoms. The third-order valence-electron chi connectivity index (χ3n) is 3.45. The van der Waals surface area contributed by atoms with Gasteiger partial charge in [-0.15, -0.1) is 0 Å². The van der Waals surface area contributed by atoms with Crippen LogP contribution in [0.2, 0.25) is 0 Å². The predicted molar refractivity (Wildman–Crippen MR) is 79.3 cm³/mol. The van der Waals surface area contributed by atoms with Gasteiger partial charge in [-0.3, -0.25) is 0 Å². The molecule has 6 nitrogen and oxygen atoms in total. The SMILES string of the molecule is Nc1ncc(-c2ccc(N3CCOCC3)c(F)c2)c(N)n1. The zero-order chi connectivity index (χ0) is 14.8. The fraction of sp³-hybridized carbons (Fsp3) is 0.286. The van der Waals surface area contributed by atoms with Crippen LogP contribution in [-0.4, -0.2) is 36.3 Å². The zero-order valence-corrected chi connectivity index (χ0v) is 11.4. The number of anilines is 3. The highest BCUT2D eigenvalue weighted by atomic mass is 19.1. The summed E-state index contributed by atoms with van der Waals surface area (Å²) >= 11 is 0. The van der Waals surface area contributed by atoms with E-state index in [1.807, 2.05) is 4.90 Å². The van der Waals surface area contributed by atoms with Gasteiger partial charge < -0.3 is 21.1 Å². The zero-order valence-electron chi connectivity index (χ0n) is 11.4. The largest absolute Gasteiger partial charge is 0.383 e. The van der Waals surface area contributed by atoms with Gasteiger partial charge in [0.15, 0.2) is 0 Å². The Hall–Kier alpha value is -2.41. The van der Waals surface area contributed by atoms with E-state index in [1.54, 1.807) is 12.1 Å². The molecule has 0 unspecified atom stereocenters. The summed E-state index contributed by atoms with van der Waals surface area (Å²) < 4.78 is 19.6. The highest BCUT2D eigenvalue weighted by Gasteiger charge is 2.16. The predicted octanol–water partition coefficient (Wildman–Crippen LogP) is 1.28. The van der Waals surface area contributed by atoms with E-state index in [2.05, 4.69) is 9.97 Å². The van der Waals surface area contributed by atoms with Crippen LogP contribution in [0.4, 0.5) is 21.8 Å². The van der Waals surface area contributed by atoms with Crippen molar-refractivity contribution in [3.05, 3.63) is 30.2 Å². The molecule has 1 aliphatic heterocycles. The lowest BCUT2D eigenvalue weighted by molar-refractivity contribution is 0.122. The van der Waals surface area contributed by atoms with E-state index in [4.69, 9.17) is 16.2 Å². The molecule has 3 rings (SSSR count). The van der Waals surface area contributed by atoms with Crippen LogP contribution < -0.4 is 16.4 Å². The lowest BCUT2D eigenvalue weighted by atomic mass is 10.1. The van der Waals surface area contributed by atoms with Gasteiger partial charge in [0.25, 0.3) is 0 Å². The van der Waals surface area contributed by atoms with Gasteiger partial charge in [0.05, 0.1) is 18.9 Å². The van der Waals surface area contributed by atoms with Crippen molar-refractivity contribution in [2.75, 3.05) is 42.7 Å². The summed E-state index contributed by atoms with van der Waals surface area (Å²) in [5.74, 6) is 0.0355. The minimum Gasteiger partial charge on any atom is -0.383 e. The monoisotopic (exact) mass is 289 g/mol. The van der Waals surface area contributed by atoms with Crippen LogP contribution in [0.1, 0.15) is 0 Å². The number of halogens is 1. The average Bonchev–Trinajstić information content (AvgIpc) is 2.48. The molecule has 21 heavy (non-hydrogen) atoms. The Bertz CT molecular complexity index is 658. The molecule has 110 valence electrons. The summed E-state index contributed by atoms with van der Waals surface area (Å²) in [7, 11) is 0. The van der Waals surface area contributed by atoms with Crippen molar-refractivity contribution in [3.63, 3.8) is 0 Å². The number of nitrogens with zero attached hydrogens (tertiary/aromatic N) is 3. The molecule has 0 saturated carbocycles. The molecule has 0 bridgehead atoms. The van der Waals surface area contributed by atoms with Crippen molar-refractivity contribution >= 4 is 17.5 Å². The Kier molecular flexibility index (Phi) is 3.57. The number of benzene rings is 1. The first kappa shape index (κ1) is 13.6. The van der Waals surface area contributed by atoms with Gasteiger partial charge in [-0.05, 0) is 17.7 Å².